The van der Waals surface area contributed by atoms with Gasteiger partial charge in [0.1, 0.15) is 35.1 Å². The highest BCUT2D eigenvalue weighted by Gasteiger charge is 2.62. The van der Waals surface area contributed by atoms with Crippen LogP contribution in [-0.4, -0.2) is 90.7 Å². The van der Waals surface area contributed by atoms with E-state index in [2.05, 4.69) is 15.6 Å². The summed E-state index contributed by atoms with van der Waals surface area (Å²) in [6.45, 7) is 5.35. The molecule has 5 aliphatic rings. The summed E-state index contributed by atoms with van der Waals surface area (Å²) in [5.74, 6) is -1.49. The second kappa shape index (κ2) is 14.5. The topological polar surface area (TPSA) is 192 Å². The number of carbonyl (C=O) groups is 4. The minimum atomic E-state index is -4.44. The number of fused-ring (bicyclic) bond motifs is 1. The van der Waals surface area contributed by atoms with Crippen LogP contribution in [0.15, 0.2) is 30.5 Å². The van der Waals surface area contributed by atoms with Crippen LogP contribution in [0.25, 0.3) is 10.8 Å². The minimum Gasteiger partial charge on any atom is -0.497 e. The number of hydrogen-bond donors (Lipinski definition) is 3. The first-order valence-electron chi connectivity index (χ1n) is 19.1. The van der Waals surface area contributed by atoms with Crippen LogP contribution >= 0.6 is 0 Å². The Bertz CT molecular complexity index is 1930. The number of hydrogen-bond acceptors (Lipinski definition) is 11. The lowest BCUT2D eigenvalue weighted by Gasteiger charge is -2.34. The van der Waals surface area contributed by atoms with Crippen molar-refractivity contribution in [1.82, 2.24) is 25.2 Å². The number of carbonyl (C=O) groups excluding carboxylic acids is 4. The summed E-state index contributed by atoms with van der Waals surface area (Å²) in [5, 5.41) is 7.27. The van der Waals surface area contributed by atoms with Crippen molar-refractivity contribution in [3.05, 3.63) is 30.5 Å². The Morgan fingerprint density at radius 1 is 1.04 bits per heavy atom. The van der Waals surface area contributed by atoms with Crippen LogP contribution in [0.4, 0.5) is 4.79 Å². The number of likely N-dealkylation sites (tertiary alicyclic amines) is 1. The third-order valence-electron chi connectivity index (χ3n) is 11.8. The molecule has 0 bridgehead atoms. The zero-order chi connectivity index (χ0) is 38.5. The van der Waals surface area contributed by atoms with Crippen molar-refractivity contribution < 1.29 is 50.3 Å². The molecular formula is C38H57N5O10S. The van der Waals surface area contributed by atoms with E-state index >= 15 is 0 Å². The minimum absolute atomic E-state index is 0. The van der Waals surface area contributed by atoms with Crippen molar-refractivity contribution in [2.45, 2.75) is 133 Å². The molecule has 1 aromatic heterocycles. The lowest BCUT2D eigenvalue weighted by molar-refractivity contribution is -0.142. The summed E-state index contributed by atoms with van der Waals surface area (Å²) < 4.78 is 50.4. The zero-order valence-corrected chi connectivity index (χ0v) is 32.2. The van der Waals surface area contributed by atoms with Crippen molar-refractivity contribution in [3.63, 3.8) is 0 Å². The summed E-state index contributed by atoms with van der Waals surface area (Å²) in [6.07, 6.45) is 7.86. The monoisotopic (exact) mass is 775 g/mol. The van der Waals surface area contributed by atoms with Crippen LogP contribution in [0.5, 0.6) is 11.6 Å². The standard InChI is InChI=1S/C38H51N5O10S.3H2/c1-5-25-21-38(25,34(46)42-54(48,49)53-37(3)16-17-37)41-31(44)29-20-27(51-32-28-12-11-26(50-4)19-24(28)13-18-39-32)22-43(29)33(45)30(23-9-7-6-8-10-23)40-35(47)52-36(2)14-15-36;;;/h11-13,18-19,23,25,27,29-30H,5-10,14-17,20-22H2,1-4H3,(H,40,47)(H,41,44)(H,42,46);3*1H/t25-,27-,29+,30+,38-;;;/m1.../s1. The first-order chi connectivity index (χ1) is 25.7. The number of nitrogens with zero attached hydrogens (tertiary/aromatic N) is 2. The number of nitrogens with one attached hydrogen (secondary N) is 3. The second-order valence-electron chi connectivity index (χ2n) is 16.2. The van der Waals surface area contributed by atoms with Crippen molar-refractivity contribution in [2.75, 3.05) is 13.7 Å². The Hall–Kier alpha value is -4.18. The van der Waals surface area contributed by atoms with E-state index in [1.165, 1.54) is 4.90 Å². The third kappa shape index (κ3) is 8.24. The fourth-order valence-electron chi connectivity index (χ4n) is 7.93. The van der Waals surface area contributed by atoms with Gasteiger partial charge in [0, 0.05) is 22.3 Å². The van der Waals surface area contributed by atoms with Crippen LogP contribution in [0.3, 0.4) is 0 Å². The number of alkyl carbamates (subject to hydrolysis) is 1. The van der Waals surface area contributed by atoms with E-state index in [4.69, 9.17) is 18.4 Å². The molecule has 0 radical (unpaired) electrons. The highest BCUT2D eigenvalue weighted by Crippen LogP contribution is 2.47. The van der Waals surface area contributed by atoms with E-state index in [0.717, 1.165) is 50.3 Å². The van der Waals surface area contributed by atoms with Gasteiger partial charge in [-0.3, -0.25) is 14.4 Å². The molecule has 1 aromatic carbocycles. The van der Waals surface area contributed by atoms with E-state index in [9.17, 15) is 27.6 Å². The average molecular weight is 776 g/mol. The van der Waals surface area contributed by atoms with E-state index in [1.807, 2.05) is 36.8 Å². The number of aromatic nitrogens is 1. The van der Waals surface area contributed by atoms with Gasteiger partial charge in [0.2, 0.25) is 17.7 Å². The van der Waals surface area contributed by atoms with E-state index in [1.54, 1.807) is 26.3 Å². The Balaban J connectivity index is 0.00000240. The SMILES string of the molecule is CC[C@@H]1C[C@]1(NC(=O)[C@@H]1C[C@@H](Oc2nccc3cc(OC)ccc23)CN1C(=O)[C@@H](NC(=O)OC1(C)CC1)C1CCCCC1)C(=O)NS(=O)(=O)OC1(C)CC1.[HH].[HH].[HH]. The van der Waals surface area contributed by atoms with Crippen molar-refractivity contribution in [1.29, 1.82) is 0 Å². The molecule has 300 valence electrons. The molecule has 5 atom stereocenters. The van der Waals surface area contributed by atoms with Crippen molar-refractivity contribution >= 4 is 44.9 Å². The van der Waals surface area contributed by atoms with Crippen molar-refractivity contribution in [3.8, 4) is 11.6 Å². The van der Waals surface area contributed by atoms with Gasteiger partial charge in [0.25, 0.3) is 5.91 Å². The highest BCUT2D eigenvalue weighted by molar-refractivity contribution is 7.85. The third-order valence-corrected chi connectivity index (χ3v) is 12.9. The van der Waals surface area contributed by atoms with Crippen LogP contribution in [0.1, 0.15) is 102 Å². The predicted molar refractivity (Wildman–Crippen MR) is 202 cm³/mol. The van der Waals surface area contributed by atoms with E-state index < -0.39 is 69.0 Å². The second-order valence-corrected chi connectivity index (χ2v) is 17.5. The van der Waals surface area contributed by atoms with Crippen LogP contribution in [0, 0.1) is 11.8 Å². The van der Waals surface area contributed by atoms with Gasteiger partial charge in [-0.05, 0) is 100 Å². The smallest absolute Gasteiger partial charge is 0.408 e. The molecule has 0 unspecified atom stereocenters. The molecule has 4 saturated carbocycles. The molecule has 4 amide bonds. The molecule has 3 N–H and O–H groups in total. The van der Waals surface area contributed by atoms with Crippen LogP contribution < -0.4 is 24.8 Å². The number of amides is 4. The highest BCUT2D eigenvalue weighted by atomic mass is 32.2. The summed E-state index contributed by atoms with van der Waals surface area (Å²) >= 11 is 0. The van der Waals surface area contributed by atoms with Gasteiger partial charge < -0.3 is 29.7 Å². The molecule has 2 aromatic rings. The Labute approximate surface area is 320 Å². The van der Waals surface area contributed by atoms with Gasteiger partial charge >= 0.3 is 16.4 Å². The Morgan fingerprint density at radius 2 is 1.76 bits per heavy atom. The first kappa shape index (κ1) is 38.1. The molecule has 54 heavy (non-hydrogen) atoms. The molecule has 15 nitrogen and oxygen atoms in total. The molecule has 1 aliphatic heterocycles. The van der Waals surface area contributed by atoms with Crippen molar-refractivity contribution in [2.24, 2.45) is 11.8 Å². The van der Waals surface area contributed by atoms with Crippen LogP contribution in [0.2, 0.25) is 0 Å². The number of benzene rings is 1. The summed E-state index contributed by atoms with van der Waals surface area (Å²) in [6, 6.07) is 5.24. The quantitative estimate of drug-likeness (QED) is 0.240. The van der Waals surface area contributed by atoms with Gasteiger partial charge in [0.05, 0.1) is 19.3 Å². The molecule has 7 rings (SSSR count). The molecule has 16 heteroatoms. The molecule has 4 aliphatic carbocycles. The number of ether oxygens (including phenoxy) is 3. The fraction of sp³-hybridized carbons (Fsp3) is 0.658. The molecule has 5 fully saturated rings. The normalized spacial score (nSPS) is 27.3. The Kier molecular flexibility index (Phi) is 10.2. The summed E-state index contributed by atoms with van der Waals surface area (Å²) in [4.78, 5) is 61.9. The first-order valence-corrected chi connectivity index (χ1v) is 20.6. The van der Waals surface area contributed by atoms with Crippen LogP contribution in [-0.2, 0) is 33.6 Å². The number of rotatable bonds is 14. The maximum absolute atomic E-state index is 14.7. The van der Waals surface area contributed by atoms with E-state index in [-0.39, 0.29) is 35.5 Å². The average Bonchev–Trinajstić information content (AvgIpc) is 4.10. The van der Waals surface area contributed by atoms with Gasteiger partial charge in [-0.2, -0.15) is 8.42 Å². The summed E-state index contributed by atoms with van der Waals surface area (Å²) in [7, 11) is -2.86. The lowest BCUT2D eigenvalue weighted by Crippen LogP contribution is -2.59. The van der Waals surface area contributed by atoms with Gasteiger partial charge in [-0.15, -0.1) is 0 Å². The lowest BCUT2D eigenvalue weighted by atomic mass is 9.83. The fourth-order valence-corrected chi connectivity index (χ4v) is 9.08. The Morgan fingerprint density at radius 3 is 2.41 bits per heavy atom. The maximum atomic E-state index is 14.7. The molecule has 1 saturated heterocycles. The van der Waals surface area contributed by atoms with Gasteiger partial charge in [0.15, 0.2) is 0 Å². The summed E-state index contributed by atoms with van der Waals surface area (Å²) in [5.41, 5.74) is -2.92. The van der Waals surface area contributed by atoms with Gasteiger partial charge in [-0.25, -0.2) is 18.7 Å². The number of methoxy groups -OCH3 is 1. The predicted octanol–water partition coefficient (Wildman–Crippen LogP) is 4.77. The van der Waals surface area contributed by atoms with Gasteiger partial charge in [-0.1, -0.05) is 32.6 Å². The largest absolute Gasteiger partial charge is 0.497 e. The van der Waals surface area contributed by atoms with E-state index in [0.29, 0.717) is 36.3 Å². The molecule has 2 heterocycles. The molecule has 0 spiro atoms. The maximum Gasteiger partial charge on any atom is 0.408 e. The molecular weight excluding hydrogens is 719 g/mol. The number of pyridine rings is 1. The zero-order valence-electron chi connectivity index (χ0n) is 31.4.